The molecule has 1 atom stereocenters. The Balaban J connectivity index is 2.18. The number of rotatable bonds is 6. The van der Waals surface area contributed by atoms with E-state index in [1.165, 1.54) is 5.56 Å². The SMILES string of the molecule is C[C@@](N)(CN)CCOCc1ccccc1. The summed E-state index contributed by atoms with van der Waals surface area (Å²) in [5.41, 5.74) is 12.3. The first-order chi connectivity index (χ1) is 7.14. The first-order valence-corrected chi connectivity index (χ1v) is 5.25. The standard InChI is InChI=1S/C12H20N2O/c1-12(14,10-13)7-8-15-9-11-5-3-2-4-6-11/h2-6H,7-10,13-14H2,1H3/t12-/m0/s1. The molecule has 1 rings (SSSR count). The third kappa shape index (κ3) is 4.93. The first-order valence-electron chi connectivity index (χ1n) is 5.25. The molecule has 0 bridgehead atoms. The van der Waals surface area contributed by atoms with Crippen LogP contribution in [0.15, 0.2) is 30.3 Å². The largest absolute Gasteiger partial charge is 0.377 e. The van der Waals surface area contributed by atoms with Gasteiger partial charge in [0.1, 0.15) is 0 Å². The summed E-state index contributed by atoms with van der Waals surface area (Å²) >= 11 is 0. The van der Waals surface area contributed by atoms with E-state index in [9.17, 15) is 0 Å². The number of hydrogen-bond donors (Lipinski definition) is 2. The van der Waals surface area contributed by atoms with Crippen LogP contribution >= 0.6 is 0 Å². The van der Waals surface area contributed by atoms with Crippen molar-refractivity contribution >= 4 is 0 Å². The van der Waals surface area contributed by atoms with E-state index in [2.05, 4.69) is 0 Å². The Morgan fingerprint density at radius 3 is 2.53 bits per heavy atom. The lowest BCUT2D eigenvalue weighted by Crippen LogP contribution is -2.44. The summed E-state index contributed by atoms with van der Waals surface area (Å²) < 4.78 is 5.52. The molecule has 3 heteroatoms. The van der Waals surface area contributed by atoms with Crippen LogP contribution < -0.4 is 11.5 Å². The minimum atomic E-state index is -0.309. The molecule has 0 unspecified atom stereocenters. The highest BCUT2D eigenvalue weighted by Gasteiger charge is 2.14. The van der Waals surface area contributed by atoms with Crippen molar-refractivity contribution in [1.82, 2.24) is 0 Å². The summed E-state index contributed by atoms with van der Waals surface area (Å²) in [6, 6.07) is 10.1. The molecule has 0 radical (unpaired) electrons. The molecule has 1 aromatic carbocycles. The molecule has 0 aliphatic rings. The average molecular weight is 208 g/mol. The molecule has 1 aromatic rings. The quantitative estimate of drug-likeness (QED) is 0.692. The van der Waals surface area contributed by atoms with Crippen LogP contribution in [0.1, 0.15) is 18.9 Å². The van der Waals surface area contributed by atoms with E-state index in [4.69, 9.17) is 16.2 Å². The fourth-order valence-electron chi connectivity index (χ4n) is 1.17. The van der Waals surface area contributed by atoms with E-state index >= 15 is 0 Å². The van der Waals surface area contributed by atoms with Crippen LogP contribution in [-0.4, -0.2) is 18.7 Å². The van der Waals surface area contributed by atoms with Crippen LogP contribution in [0.2, 0.25) is 0 Å². The molecule has 0 aliphatic carbocycles. The second-order valence-electron chi connectivity index (χ2n) is 4.15. The lowest BCUT2D eigenvalue weighted by atomic mass is 10.0. The Kier molecular flexibility index (Phi) is 4.75. The minimum absolute atomic E-state index is 0.309. The van der Waals surface area contributed by atoms with Crippen LogP contribution in [0, 0.1) is 0 Å². The summed E-state index contributed by atoms with van der Waals surface area (Å²) in [5, 5.41) is 0. The van der Waals surface area contributed by atoms with Crippen molar-refractivity contribution in [3.8, 4) is 0 Å². The van der Waals surface area contributed by atoms with Crippen LogP contribution in [0.25, 0.3) is 0 Å². The zero-order valence-corrected chi connectivity index (χ0v) is 9.28. The van der Waals surface area contributed by atoms with Gasteiger partial charge in [-0.25, -0.2) is 0 Å². The summed E-state index contributed by atoms with van der Waals surface area (Å²) in [7, 11) is 0. The lowest BCUT2D eigenvalue weighted by molar-refractivity contribution is 0.105. The monoisotopic (exact) mass is 208 g/mol. The van der Waals surface area contributed by atoms with Crippen LogP contribution in [0.3, 0.4) is 0 Å². The molecule has 3 nitrogen and oxygen atoms in total. The van der Waals surface area contributed by atoms with Crippen LogP contribution in [0.5, 0.6) is 0 Å². The van der Waals surface area contributed by atoms with Crippen molar-refractivity contribution in [2.24, 2.45) is 11.5 Å². The molecule has 0 heterocycles. The topological polar surface area (TPSA) is 61.3 Å². The first kappa shape index (κ1) is 12.2. The molecule has 15 heavy (non-hydrogen) atoms. The molecule has 0 amide bonds. The maximum Gasteiger partial charge on any atom is 0.0716 e. The Morgan fingerprint density at radius 1 is 1.27 bits per heavy atom. The highest BCUT2D eigenvalue weighted by molar-refractivity contribution is 5.13. The van der Waals surface area contributed by atoms with Crippen molar-refractivity contribution in [3.05, 3.63) is 35.9 Å². The molecule has 0 saturated carbocycles. The average Bonchev–Trinajstić information content (AvgIpc) is 2.26. The van der Waals surface area contributed by atoms with Gasteiger partial charge < -0.3 is 16.2 Å². The van der Waals surface area contributed by atoms with E-state index in [1.54, 1.807) is 0 Å². The van der Waals surface area contributed by atoms with Crippen molar-refractivity contribution < 1.29 is 4.74 Å². The summed E-state index contributed by atoms with van der Waals surface area (Å²) in [6.07, 6.45) is 0.788. The zero-order chi connectivity index (χ0) is 11.1. The van der Waals surface area contributed by atoms with Crippen molar-refractivity contribution in [2.45, 2.75) is 25.5 Å². The van der Waals surface area contributed by atoms with Gasteiger partial charge >= 0.3 is 0 Å². The van der Waals surface area contributed by atoms with Crippen molar-refractivity contribution in [3.63, 3.8) is 0 Å². The van der Waals surface area contributed by atoms with Gasteiger partial charge in [0.05, 0.1) is 6.61 Å². The molecule has 0 fully saturated rings. The second kappa shape index (κ2) is 5.85. The zero-order valence-electron chi connectivity index (χ0n) is 9.28. The number of hydrogen-bond acceptors (Lipinski definition) is 3. The number of nitrogens with two attached hydrogens (primary N) is 2. The van der Waals surface area contributed by atoms with Crippen molar-refractivity contribution in [1.29, 1.82) is 0 Å². The van der Waals surface area contributed by atoms with Gasteiger partial charge in [-0.15, -0.1) is 0 Å². The molecular formula is C12H20N2O. The number of ether oxygens (including phenoxy) is 1. The third-order valence-corrected chi connectivity index (χ3v) is 2.40. The second-order valence-corrected chi connectivity index (χ2v) is 4.15. The van der Waals surface area contributed by atoms with Gasteiger partial charge in [-0.05, 0) is 18.9 Å². The Bertz CT molecular complexity index is 272. The highest BCUT2D eigenvalue weighted by Crippen LogP contribution is 2.05. The van der Waals surface area contributed by atoms with Crippen LogP contribution in [0.4, 0.5) is 0 Å². The summed E-state index contributed by atoms with van der Waals surface area (Å²) in [4.78, 5) is 0. The summed E-state index contributed by atoms with van der Waals surface area (Å²) in [5.74, 6) is 0. The molecule has 84 valence electrons. The Morgan fingerprint density at radius 2 is 1.93 bits per heavy atom. The Labute approximate surface area is 91.4 Å². The van der Waals surface area contributed by atoms with Gasteiger partial charge in [0.25, 0.3) is 0 Å². The van der Waals surface area contributed by atoms with E-state index in [0.29, 0.717) is 19.8 Å². The van der Waals surface area contributed by atoms with Gasteiger partial charge in [-0.3, -0.25) is 0 Å². The van der Waals surface area contributed by atoms with Crippen molar-refractivity contribution in [2.75, 3.05) is 13.2 Å². The van der Waals surface area contributed by atoms with E-state index in [1.807, 2.05) is 37.3 Å². The fraction of sp³-hybridized carbons (Fsp3) is 0.500. The van der Waals surface area contributed by atoms with E-state index in [0.717, 1.165) is 6.42 Å². The van der Waals surface area contributed by atoms with Gasteiger partial charge in [0.15, 0.2) is 0 Å². The highest BCUT2D eigenvalue weighted by atomic mass is 16.5. The smallest absolute Gasteiger partial charge is 0.0716 e. The Hall–Kier alpha value is -0.900. The minimum Gasteiger partial charge on any atom is -0.377 e. The van der Waals surface area contributed by atoms with Gasteiger partial charge in [-0.1, -0.05) is 30.3 Å². The van der Waals surface area contributed by atoms with Gasteiger partial charge in [0, 0.05) is 18.7 Å². The summed E-state index contributed by atoms with van der Waals surface area (Å²) in [6.45, 7) is 3.72. The van der Waals surface area contributed by atoms with E-state index in [-0.39, 0.29) is 5.54 Å². The number of benzene rings is 1. The molecule has 0 saturated heterocycles. The van der Waals surface area contributed by atoms with E-state index < -0.39 is 0 Å². The van der Waals surface area contributed by atoms with Crippen LogP contribution in [-0.2, 0) is 11.3 Å². The molecule has 0 aliphatic heterocycles. The third-order valence-electron chi connectivity index (χ3n) is 2.40. The maximum atomic E-state index is 5.89. The molecular weight excluding hydrogens is 188 g/mol. The molecule has 0 spiro atoms. The van der Waals surface area contributed by atoms with Gasteiger partial charge in [0.2, 0.25) is 0 Å². The normalized spacial score (nSPS) is 14.9. The fourth-order valence-corrected chi connectivity index (χ4v) is 1.17. The predicted octanol–water partition coefficient (Wildman–Crippen LogP) is 1.27. The van der Waals surface area contributed by atoms with Gasteiger partial charge in [-0.2, -0.15) is 0 Å². The predicted molar refractivity (Wildman–Crippen MR) is 62.4 cm³/mol. The molecule has 4 N–H and O–H groups in total. The molecule has 0 aromatic heterocycles. The maximum absolute atomic E-state index is 5.89. The lowest BCUT2D eigenvalue weighted by Gasteiger charge is -2.21.